The van der Waals surface area contributed by atoms with Gasteiger partial charge in [-0.1, -0.05) is 39.0 Å². The minimum Gasteiger partial charge on any atom is -0.370 e. The van der Waals surface area contributed by atoms with Gasteiger partial charge in [0.25, 0.3) is 0 Å². The third-order valence-corrected chi connectivity index (χ3v) is 2.86. The maximum atomic E-state index is 5.60. The highest BCUT2D eigenvalue weighted by Gasteiger charge is 2.28. The molecular weight excluding hydrogens is 174 g/mol. The molecule has 0 aromatic rings. The lowest BCUT2D eigenvalue weighted by Gasteiger charge is -2.23. The Kier molecular flexibility index (Phi) is 4.23. The number of aliphatic imine (C=N–C) groups is 1. The molecule has 3 N–H and O–H groups in total. The number of hydrogen-bond donors (Lipinski definition) is 2. The maximum Gasteiger partial charge on any atom is 0.189 e. The number of nitrogens with two attached hydrogens (primary N) is 1. The van der Waals surface area contributed by atoms with Gasteiger partial charge in [0.05, 0.1) is 12.1 Å². The second kappa shape index (κ2) is 5.23. The molecule has 0 amide bonds. The van der Waals surface area contributed by atoms with Crippen LogP contribution >= 0.6 is 0 Å². The molecule has 1 rings (SSSR count). The summed E-state index contributed by atoms with van der Waals surface area (Å²) >= 11 is 0. The molecule has 0 aromatic carbocycles. The molecule has 3 heteroatoms. The summed E-state index contributed by atoms with van der Waals surface area (Å²) in [6, 6.07) is 0. The molecule has 3 nitrogen and oxygen atoms in total. The van der Waals surface area contributed by atoms with Crippen LogP contribution in [0.1, 0.15) is 52.4 Å². The SMILES string of the molecule is CCCCCCCC1(C)CN=C(N)N1. The average molecular weight is 197 g/mol. The van der Waals surface area contributed by atoms with Crippen molar-refractivity contribution in [3.8, 4) is 0 Å². The molecule has 0 aromatic heterocycles. The van der Waals surface area contributed by atoms with Crippen LogP contribution in [0, 0.1) is 0 Å². The Labute approximate surface area is 87.2 Å². The molecule has 0 fully saturated rings. The van der Waals surface area contributed by atoms with Crippen molar-refractivity contribution >= 4 is 5.96 Å². The Morgan fingerprint density at radius 1 is 1.36 bits per heavy atom. The summed E-state index contributed by atoms with van der Waals surface area (Å²) in [5, 5.41) is 3.25. The molecule has 0 saturated carbocycles. The van der Waals surface area contributed by atoms with E-state index in [0.717, 1.165) is 6.54 Å². The minimum atomic E-state index is 0.135. The molecule has 82 valence electrons. The Morgan fingerprint density at radius 3 is 2.64 bits per heavy atom. The maximum absolute atomic E-state index is 5.60. The zero-order valence-corrected chi connectivity index (χ0v) is 9.47. The van der Waals surface area contributed by atoms with Crippen LogP contribution in [0.25, 0.3) is 0 Å². The van der Waals surface area contributed by atoms with E-state index in [-0.39, 0.29) is 5.54 Å². The Bertz CT molecular complexity index is 201. The van der Waals surface area contributed by atoms with Crippen molar-refractivity contribution in [2.24, 2.45) is 10.7 Å². The van der Waals surface area contributed by atoms with E-state index < -0.39 is 0 Å². The second-order valence-corrected chi connectivity index (χ2v) is 4.55. The van der Waals surface area contributed by atoms with E-state index in [1.807, 2.05) is 0 Å². The largest absolute Gasteiger partial charge is 0.370 e. The van der Waals surface area contributed by atoms with Gasteiger partial charge in [-0.3, -0.25) is 4.99 Å². The first-order valence-corrected chi connectivity index (χ1v) is 5.74. The predicted molar refractivity (Wildman–Crippen MR) is 61.4 cm³/mol. The van der Waals surface area contributed by atoms with Crippen LogP contribution < -0.4 is 11.1 Å². The van der Waals surface area contributed by atoms with Crippen molar-refractivity contribution in [1.82, 2.24) is 5.32 Å². The zero-order valence-electron chi connectivity index (χ0n) is 9.47. The Hall–Kier alpha value is -0.730. The highest BCUT2D eigenvalue weighted by molar-refractivity contribution is 5.80. The van der Waals surface area contributed by atoms with Gasteiger partial charge in [0.1, 0.15) is 0 Å². The summed E-state index contributed by atoms with van der Waals surface area (Å²) in [4.78, 5) is 4.19. The topological polar surface area (TPSA) is 50.4 Å². The van der Waals surface area contributed by atoms with E-state index in [9.17, 15) is 0 Å². The summed E-state index contributed by atoms with van der Waals surface area (Å²) in [6.07, 6.45) is 7.84. The summed E-state index contributed by atoms with van der Waals surface area (Å²) in [5.74, 6) is 0.612. The highest BCUT2D eigenvalue weighted by Crippen LogP contribution is 2.18. The van der Waals surface area contributed by atoms with Crippen LogP contribution in [0.15, 0.2) is 4.99 Å². The van der Waals surface area contributed by atoms with E-state index in [0.29, 0.717) is 5.96 Å². The van der Waals surface area contributed by atoms with Crippen LogP contribution in [-0.4, -0.2) is 18.0 Å². The molecule has 0 bridgehead atoms. The summed E-state index contributed by atoms with van der Waals surface area (Å²) in [6.45, 7) is 5.29. The minimum absolute atomic E-state index is 0.135. The fourth-order valence-electron chi connectivity index (χ4n) is 1.91. The van der Waals surface area contributed by atoms with Crippen LogP contribution in [0.3, 0.4) is 0 Å². The molecule has 0 saturated heterocycles. The number of guanidine groups is 1. The molecule has 0 aliphatic carbocycles. The average Bonchev–Trinajstić information content (AvgIpc) is 2.47. The van der Waals surface area contributed by atoms with Crippen LogP contribution in [0.2, 0.25) is 0 Å². The Balaban J connectivity index is 2.07. The van der Waals surface area contributed by atoms with Gasteiger partial charge in [0.15, 0.2) is 5.96 Å². The number of nitrogens with zero attached hydrogens (tertiary/aromatic N) is 1. The molecular formula is C11H23N3. The number of hydrogen-bond acceptors (Lipinski definition) is 3. The van der Waals surface area contributed by atoms with Crippen molar-refractivity contribution in [3.63, 3.8) is 0 Å². The first-order chi connectivity index (χ1) is 6.66. The summed E-state index contributed by atoms with van der Waals surface area (Å²) in [5.41, 5.74) is 5.74. The molecule has 1 unspecified atom stereocenters. The van der Waals surface area contributed by atoms with E-state index in [4.69, 9.17) is 5.73 Å². The normalized spacial score (nSPS) is 26.0. The monoisotopic (exact) mass is 197 g/mol. The lowest BCUT2D eigenvalue weighted by molar-refractivity contribution is 0.397. The van der Waals surface area contributed by atoms with E-state index in [1.54, 1.807) is 0 Å². The molecule has 1 atom stereocenters. The predicted octanol–water partition coefficient (Wildman–Crippen LogP) is 2.02. The van der Waals surface area contributed by atoms with Crippen LogP contribution in [-0.2, 0) is 0 Å². The first-order valence-electron chi connectivity index (χ1n) is 5.74. The molecule has 0 spiro atoms. The van der Waals surface area contributed by atoms with Crippen molar-refractivity contribution in [3.05, 3.63) is 0 Å². The number of nitrogens with one attached hydrogen (secondary N) is 1. The smallest absolute Gasteiger partial charge is 0.189 e. The van der Waals surface area contributed by atoms with E-state index >= 15 is 0 Å². The van der Waals surface area contributed by atoms with Gasteiger partial charge in [-0.25, -0.2) is 0 Å². The summed E-state index contributed by atoms with van der Waals surface area (Å²) < 4.78 is 0. The van der Waals surface area contributed by atoms with E-state index in [1.165, 1.54) is 38.5 Å². The van der Waals surface area contributed by atoms with Gasteiger partial charge in [-0.05, 0) is 13.3 Å². The van der Waals surface area contributed by atoms with Crippen LogP contribution in [0.5, 0.6) is 0 Å². The molecule has 0 radical (unpaired) electrons. The van der Waals surface area contributed by atoms with Gasteiger partial charge in [-0.15, -0.1) is 0 Å². The summed E-state index contributed by atoms with van der Waals surface area (Å²) in [7, 11) is 0. The lowest BCUT2D eigenvalue weighted by atomic mass is 9.95. The van der Waals surface area contributed by atoms with Gasteiger partial charge in [0.2, 0.25) is 0 Å². The van der Waals surface area contributed by atoms with Crippen molar-refractivity contribution in [1.29, 1.82) is 0 Å². The molecule has 1 aliphatic rings. The van der Waals surface area contributed by atoms with E-state index in [2.05, 4.69) is 24.2 Å². The fraction of sp³-hybridized carbons (Fsp3) is 0.909. The Morgan fingerprint density at radius 2 is 2.07 bits per heavy atom. The van der Waals surface area contributed by atoms with Gasteiger partial charge in [-0.2, -0.15) is 0 Å². The standard InChI is InChI=1S/C11H23N3/c1-3-4-5-6-7-8-11(2)9-13-10(12)14-11/h3-9H2,1-2H3,(H3,12,13,14). The fourth-order valence-corrected chi connectivity index (χ4v) is 1.91. The number of rotatable bonds is 6. The van der Waals surface area contributed by atoms with Crippen molar-refractivity contribution in [2.45, 2.75) is 57.9 Å². The lowest BCUT2D eigenvalue weighted by Crippen LogP contribution is -2.45. The third-order valence-electron chi connectivity index (χ3n) is 2.86. The van der Waals surface area contributed by atoms with Gasteiger partial charge < -0.3 is 11.1 Å². The number of unbranched alkanes of at least 4 members (excludes halogenated alkanes) is 4. The first kappa shape index (κ1) is 11.3. The van der Waals surface area contributed by atoms with Crippen LogP contribution in [0.4, 0.5) is 0 Å². The zero-order chi connectivity index (χ0) is 10.4. The molecule has 1 aliphatic heterocycles. The van der Waals surface area contributed by atoms with Gasteiger partial charge in [0, 0.05) is 0 Å². The second-order valence-electron chi connectivity index (χ2n) is 4.55. The van der Waals surface area contributed by atoms with Crippen molar-refractivity contribution in [2.75, 3.05) is 6.54 Å². The molecule has 14 heavy (non-hydrogen) atoms. The third kappa shape index (κ3) is 3.56. The highest BCUT2D eigenvalue weighted by atomic mass is 15.2. The van der Waals surface area contributed by atoms with Gasteiger partial charge >= 0.3 is 0 Å². The van der Waals surface area contributed by atoms with Crippen molar-refractivity contribution < 1.29 is 0 Å². The quantitative estimate of drug-likeness (QED) is 0.640. The molecule has 1 heterocycles.